The van der Waals surface area contributed by atoms with Crippen LogP contribution in [0.15, 0.2) is 12.2 Å². The van der Waals surface area contributed by atoms with Crippen molar-refractivity contribution in [1.29, 1.82) is 0 Å². The van der Waals surface area contributed by atoms with E-state index in [0.717, 1.165) is 19.3 Å². The van der Waals surface area contributed by atoms with Crippen molar-refractivity contribution in [3.8, 4) is 0 Å². The van der Waals surface area contributed by atoms with Gasteiger partial charge in [-0.3, -0.25) is 9.59 Å². The van der Waals surface area contributed by atoms with Gasteiger partial charge in [-0.25, -0.2) is 0 Å². The molecule has 0 aromatic carbocycles. The molecule has 0 aromatic heterocycles. The second-order valence-electron chi connectivity index (χ2n) is 23.9. The molecular formula is C67H128O6. The van der Waals surface area contributed by atoms with Crippen molar-refractivity contribution in [2.24, 2.45) is 11.3 Å². The summed E-state index contributed by atoms with van der Waals surface area (Å²) in [6.07, 6.45) is 81.6. The van der Waals surface area contributed by atoms with Crippen molar-refractivity contribution in [3.05, 3.63) is 12.2 Å². The molecule has 2 N–H and O–H groups in total. The molecule has 1 rings (SSSR count). The Labute approximate surface area is 455 Å². The molecule has 1 aliphatic heterocycles. The summed E-state index contributed by atoms with van der Waals surface area (Å²) in [5.74, 6) is -1.40. The molecule has 6 nitrogen and oxygen atoms in total. The summed E-state index contributed by atoms with van der Waals surface area (Å²) in [4.78, 5) is 24.7. The number of hydrogen-bond acceptors (Lipinski definition) is 6. The van der Waals surface area contributed by atoms with Crippen molar-refractivity contribution >= 4 is 11.9 Å². The molecular weight excluding hydrogens is 901 g/mol. The van der Waals surface area contributed by atoms with Crippen LogP contribution in [0, 0.1) is 11.3 Å². The van der Waals surface area contributed by atoms with Crippen LogP contribution in [-0.4, -0.2) is 48.6 Å². The van der Waals surface area contributed by atoms with Gasteiger partial charge in [-0.05, 0) is 32.1 Å². The van der Waals surface area contributed by atoms with Gasteiger partial charge in [0, 0.05) is 0 Å². The Balaban J connectivity index is 1.67. The molecule has 0 radical (unpaired) electrons. The first-order valence-corrected chi connectivity index (χ1v) is 33.3. The molecule has 1 fully saturated rings. The summed E-state index contributed by atoms with van der Waals surface area (Å²) in [6, 6.07) is 0. The van der Waals surface area contributed by atoms with Crippen LogP contribution in [0.3, 0.4) is 0 Å². The maximum absolute atomic E-state index is 12.6. The lowest BCUT2D eigenvalue weighted by Crippen LogP contribution is -2.40. The topological polar surface area (TPSA) is 93.1 Å². The summed E-state index contributed by atoms with van der Waals surface area (Å²) >= 11 is 0. The highest BCUT2D eigenvalue weighted by molar-refractivity contribution is 5.80. The number of allylic oxidation sites excluding steroid dienone is 2. The molecule has 432 valence electrons. The molecule has 1 unspecified atom stereocenters. The second kappa shape index (κ2) is 56.8. The van der Waals surface area contributed by atoms with E-state index in [1.54, 1.807) is 0 Å². The van der Waals surface area contributed by atoms with E-state index in [2.05, 4.69) is 19.1 Å². The molecule has 73 heavy (non-hydrogen) atoms. The van der Waals surface area contributed by atoms with Gasteiger partial charge in [0.15, 0.2) is 0 Å². The third-order valence-electron chi connectivity index (χ3n) is 16.5. The van der Waals surface area contributed by atoms with Crippen LogP contribution < -0.4 is 0 Å². The van der Waals surface area contributed by atoms with E-state index in [9.17, 15) is 19.8 Å². The average molecular weight is 1030 g/mol. The van der Waals surface area contributed by atoms with E-state index in [0.29, 0.717) is 6.42 Å². The highest BCUT2D eigenvalue weighted by atomic mass is 16.6. The number of carbonyl (C=O) groups is 2. The van der Waals surface area contributed by atoms with Crippen LogP contribution in [0.1, 0.15) is 366 Å². The minimum atomic E-state index is -1.12. The first-order chi connectivity index (χ1) is 36.1. The Bertz CT molecular complexity index is 1150. The van der Waals surface area contributed by atoms with Gasteiger partial charge >= 0.3 is 11.9 Å². The Morgan fingerprint density at radius 1 is 0.356 bits per heavy atom. The van der Waals surface area contributed by atoms with Crippen LogP contribution in [0.2, 0.25) is 0 Å². The van der Waals surface area contributed by atoms with Crippen molar-refractivity contribution in [1.82, 2.24) is 0 Å². The predicted octanol–water partition coefficient (Wildman–Crippen LogP) is 21.1. The largest absolute Gasteiger partial charge is 0.465 e. The molecule has 0 bridgehead atoms. The van der Waals surface area contributed by atoms with Gasteiger partial charge < -0.3 is 19.7 Å². The van der Waals surface area contributed by atoms with Gasteiger partial charge in [-0.15, -0.1) is 0 Å². The Morgan fingerprint density at radius 3 is 0.849 bits per heavy atom. The fraction of sp³-hybridized carbons (Fsp3) is 0.940. The molecule has 1 atom stereocenters. The predicted molar refractivity (Wildman–Crippen MR) is 315 cm³/mol. The van der Waals surface area contributed by atoms with Crippen LogP contribution in [0.5, 0.6) is 0 Å². The molecule has 1 heterocycles. The number of cyclic esters (lactones) is 2. The maximum Gasteiger partial charge on any atom is 0.309 e. The van der Waals surface area contributed by atoms with Crippen LogP contribution in [0.25, 0.3) is 0 Å². The van der Waals surface area contributed by atoms with Crippen LogP contribution in [-0.2, 0) is 19.1 Å². The van der Waals surface area contributed by atoms with E-state index < -0.39 is 36.5 Å². The summed E-state index contributed by atoms with van der Waals surface area (Å²) < 4.78 is 10.6. The fourth-order valence-corrected chi connectivity index (χ4v) is 11.1. The van der Waals surface area contributed by atoms with Gasteiger partial charge in [0.25, 0.3) is 0 Å². The first kappa shape index (κ1) is 69.6. The standard InChI is InChI=1S/C67H128O6/c1-2-3-4-5-6-7-8-9-10-11-12-13-14-15-16-17-18-19-20-21-22-23-24-25-26-27-28-29-30-31-32-33-34-35-36-37-38-39-40-41-42-43-44-45-46-47-48-49-50-51-52-53-54-55-56-57-58-64-59-65(70)72-62-67(60-68,61-69)63-73-66(64)71/h17-18,64,68-69H,2-16,19-63H2,1H3/b18-17+. The number of unbranched alkanes of at least 4 members (excludes halogenated alkanes) is 52. The third kappa shape index (κ3) is 48.7. The number of ether oxygens (including phenoxy) is 2. The summed E-state index contributed by atoms with van der Waals surface area (Å²) in [5, 5.41) is 19.2. The Morgan fingerprint density at radius 2 is 0.589 bits per heavy atom. The highest BCUT2D eigenvalue weighted by Crippen LogP contribution is 2.25. The lowest BCUT2D eigenvalue weighted by atomic mass is 9.92. The molecule has 6 heteroatoms. The number of rotatable bonds is 58. The number of aliphatic hydroxyl groups excluding tert-OH is 2. The highest BCUT2D eigenvalue weighted by Gasteiger charge is 2.36. The zero-order chi connectivity index (χ0) is 52.5. The molecule has 0 spiro atoms. The van der Waals surface area contributed by atoms with Gasteiger partial charge in [0.2, 0.25) is 0 Å². The van der Waals surface area contributed by atoms with Gasteiger partial charge in [-0.2, -0.15) is 0 Å². The van der Waals surface area contributed by atoms with Crippen molar-refractivity contribution < 1.29 is 29.3 Å². The summed E-state index contributed by atoms with van der Waals surface area (Å²) in [7, 11) is 0. The lowest BCUT2D eigenvalue weighted by molar-refractivity contribution is -0.155. The third-order valence-corrected chi connectivity index (χ3v) is 16.5. The van der Waals surface area contributed by atoms with Crippen LogP contribution in [0.4, 0.5) is 0 Å². The molecule has 1 aliphatic rings. The molecule has 0 aromatic rings. The van der Waals surface area contributed by atoms with Crippen molar-refractivity contribution in [3.63, 3.8) is 0 Å². The normalized spacial score (nSPS) is 15.2. The zero-order valence-electron chi connectivity index (χ0n) is 49.2. The average Bonchev–Trinajstić information content (AvgIpc) is 3.46. The number of esters is 2. The Kier molecular flexibility index (Phi) is 54.2. The van der Waals surface area contributed by atoms with E-state index in [1.165, 1.54) is 327 Å². The minimum absolute atomic E-state index is 0.00506. The number of hydrogen-bond donors (Lipinski definition) is 2. The van der Waals surface area contributed by atoms with Crippen molar-refractivity contribution in [2.45, 2.75) is 366 Å². The van der Waals surface area contributed by atoms with E-state index in [4.69, 9.17) is 9.47 Å². The van der Waals surface area contributed by atoms with E-state index >= 15 is 0 Å². The van der Waals surface area contributed by atoms with E-state index in [-0.39, 0.29) is 19.6 Å². The summed E-state index contributed by atoms with van der Waals surface area (Å²) in [5.41, 5.74) is -1.12. The van der Waals surface area contributed by atoms with Crippen LogP contribution >= 0.6 is 0 Å². The summed E-state index contributed by atoms with van der Waals surface area (Å²) in [6.45, 7) is 1.21. The quantitative estimate of drug-likeness (QED) is 0.0358. The SMILES string of the molecule is CCCCCCCCCCCCCCCC/C=C/CCCCCCCCCCCCCCCCCCCCCCCCCCCCCCCCCCCCCCCCC1CC(=O)OCC(CO)(CO)COC1=O. The van der Waals surface area contributed by atoms with Gasteiger partial charge in [0.05, 0.1) is 31.0 Å². The molecule has 0 saturated carbocycles. The van der Waals surface area contributed by atoms with Gasteiger partial charge in [-0.1, -0.05) is 340 Å². The molecule has 1 saturated heterocycles. The fourth-order valence-electron chi connectivity index (χ4n) is 11.1. The lowest BCUT2D eigenvalue weighted by Gasteiger charge is -2.27. The Hall–Kier alpha value is -1.40. The second-order valence-corrected chi connectivity index (χ2v) is 23.9. The number of carbonyl (C=O) groups excluding carboxylic acids is 2. The van der Waals surface area contributed by atoms with Gasteiger partial charge in [0.1, 0.15) is 13.2 Å². The van der Waals surface area contributed by atoms with E-state index in [1.807, 2.05) is 0 Å². The van der Waals surface area contributed by atoms with Crippen molar-refractivity contribution in [2.75, 3.05) is 26.4 Å². The smallest absolute Gasteiger partial charge is 0.309 e. The number of aliphatic hydroxyl groups is 2. The zero-order valence-corrected chi connectivity index (χ0v) is 49.2. The minimum Gasteiger partial charge on any atom is -0.465 e. The maximum atomic E-state index is 12.6. The molecule has 0 aliphatic carbocycles. The monoisotopic (exact) mass is 1030 g/mol. The molecule has 0 amide bonds. The first-order valence-electron chi connectivity index (χ1n) is 33.3.